The van der Waals surface area contributed by atoms with Crippen molar-refractivity contribution in [2.45, 2.75) is 18.1 Å². The number of aliphatic hydroxyl groups excluding tert-OH is 1. The molecule has 0 bridgehead atoms. The van der Waals surface area contributed by atoms with Gasteiger partial charge in [0, 0.05) is 6.20 Å². The standard InChI is InChI=1S/C14H16N2O3S/c1-2-20-13-6-5-10(8-15-13)14(18)16-9-11(17)12-4-3-7-19-12/h3-8,11,17H,2,9H2,1H3,(H,16,18). The van der Waals surface area contributed by atoms with Crippen LogP contribution >= 0.6 is 11.8 Å². The predicted molar refractivity (Wildman–Crippen MR) is 76.6 cm³/mol. The summed E-state index contributed by atoms with van der Waals surface area (Å²) in [6, 6.07) is 6.88. The first kappa shape index (κ1) is 14.6. The Bertz CT molecular complexity index is 540. The predicted octanol–water partition coefficient (Wildman–Crippen LogP) is 2.25. The highest BCUT2D eigenvalue weighted by Crippen LogP contribution is 2.15. The molecule has 0 aliphatic heterocycles. The second-order valence-electron chi connectivity index (χ2n) is 4.06. The molecule has 0 aliphatic rings. The number of furan rings is 1. The van der Waals surface area contributed by atoms with E-state index in [1.165, 1.54) is 12.5 Å². The average molecular weight is 292 g/mol. The quantitative estimate of drug-likeness (QED) is 0.799. The van der Waals surface area contributed by atoms with Crippen molar-refractivity contribution in [1.82, 2.24) is 10.3 Å². The van der Waals surface area contributed by atoms with Gasteiger partial charge in [0.15, 0.2) is 0 Å². The van der Waals surface area contributed by atoms with Gasteiger partial charge in [-0.25, -0.2) is 4.98 Å². The maximum atomic E-state index is 11.9. The van der Waals surface area contributed by atoms with Gasteiger partial charge in [-0.05, 0) is 30.0 Å². The van der Waals surface area contributed by atoms with Gasteiger partial charge in [-0.15, -0.1) is 11.8 Å². The molecule has 2 heterocycles. The summed E-state index contributed by atoms with van der Waals surface area (Å²) in [6.07, 6.45) is 2.16. The van der Waals surface area contributed by atoms with Crippen molar-refractivity contribution < 1.29 is 14.3 Å². The van der Waals surface area contributed by atoms with Gasteiger partial charge in [-0.1, -0.05) is 6.92 Å². The molecule has 0 spiro atoms. The van der Waals surface area contributed by atoms with Crippen molar-refractivity contribution in [1.29, 1.82) is 0 Å². The average Bonchev–Trinajstić information content (AvgIpc) is 3.00. The van der Waals surface area contributed by atoms with E-state index in [0.717, 1.165) is 10.8 Å². The highest BCUT2D eigenvalue weighted by Gasteiger charge is 2.13. The second kappa shape index (κ2) is 7.12. The highest BCUT2D eigenvalue weighted by atomic mass is 32.2. The summed E-state index contributed by atoms with van der Waals surface area (Å²) in [7, 11) is 0. The molecular weight excluding hydrogens is 276 g/mol. The Morgan fingerprint density at radius 2 is 2.35 bits per heavy atom. The first-order valence-corrected chi connectivity index (χ1v) is 7.27. The van der Waals surface area contributed by atoms with Crippen LogP contribution in [0.4, 0.5) is 0 Å². The number of carbonyl (C=O) groups excluding carboxylic acids is 1. The molecule has 1 unspecified atom stereocenters. The number of pyridine rings is 1. The van der Waals surface area contributed by atoms with E-state index in [-0.39, 0.29) is 12.5 Å². The summed E-state index contributed by atoms with van der Waals surface area (Å²) in [5.41, 5.74) is 0.470. The molecule has 0 aliphatic carbocycles. The zero-order valence-corrected chi connectivity index (χ0v) is 11.9. The van der Waals surface area contributed by atoms with Crippen LogP contribution in [0.3, 0.4) is 0 Å². The number of hydrogen-bond acceptors (Lipinski definition) is 5. The molecule has 106 valence electrons. The summed E-state index contributed by atoms with van der Waals surface area (Å²) in [6.45, 7) is 2.14. The molecule has 0 saturated heterocycles. The maximum absolute atomic E-state index is 11.9. The van der Waals surface area contributed by atoms with Crippen molar-refractivity contribution in [2.24, 2.45) is 0 Å². The van der Waals surface area contributed by atoms with Gasteiger partial charge in [0.05, 0.1) is 23.4 Å². The largest absolute Gasteiger partial charge is 0.467 e. The van der Waals surface area contributed by atoms with Gasteiger partial charge in [0.25, 0.3) is 5.91 Å². The van der Waals surface area contributed by atoms with Gasteiger partial charge in [-0.2, -0.15) is 0 Å². The number of aromatic nitrogens is 1. The minimum Gasteiger partial charge on any atom is -0.467 e. The van der Waals surface area contributed by atoms with Gasteiger partial charge < -0.3 is 14.8 Å². The molecule has 6 heteroatoms. The Labute approximate surface area is 121 Å². The molecule has 2 rings (SSSR count). The third-order valence-corrected chi connectivity index (χ3v) is 3.44. The van der Waals surface area contributed by atoms with Crippen LogP contribution in [0.5, 0.6) is 0 Å². The van der Waals surface area contributed by atoms with Crippen LogP contribution < -0.4 is 5.32 Å². The minimum absolute atomic E-state index is 0.0950. The number of thioether (sulfide) groups is 1. The summed E-state index contributed by atoms with van der Waals surface area (Å²) < 4.78 is 5.06. The van der Waals surface area contributed by atoms with Crippen LogP contribution in [0.1, 0.15) is 29.1 Å². The minimum atomic E-state index is -0.850. The fourth-order valence-corrected chi connectivity index (χ4v) is 2.21. The molecule has 0 fully saturated rings. The molecular formula is C14H16N2O3S. The van der Waals surface area contributed by atoms with E-state index < -0.39 is 6.10 Å². The maximum Gasteiger partial charge on any atom is 0.252 e. The first-order valence-electron chi connectivity index (χ1n) is 6.29. The molecule has 2 aromatic heterocycles. The Kier molecular flexibility index (Phi) is 5.20. The Balaban J connectivity index is 1.88. The van der Waals surface area contributed by atoms with Gasteiger partial charge in [0.1, 0.15) is 11.9 Å². The van der Waals surface area contributed by atoms with E-state index in [1.54, 1.807) is 30.0 Å². The molecule has 2 aromatic rings. The molecule has 2 N–H and O–H groups in total. The molecule has 0 radical (unpaired) electrons. The normalized spacial score (nSPS) is 12.1. The molecule has 20 heavy (non-hydrogen) atoms. The van der Waals surface area contributed by atoms with Crippen LogP contribution in [-0.2, 0) is 0 Å². The lowest BCUT2D eigenvalue weighted by Crippen LogP contribution is -2.28. The summed E-state index contributed by atoms with van der Waals surface area (Å²) >= 11 is 1.62. The smallest absolute Gasteiger partial charge is 0.252 e. The van der Waals surface area contributed by atoms with Crippen LogP contribution in [0.2, 0.25) is 0 Å². The summed E-state index contributed by atoms with van der Waals surface area (Å²) in [5, 5.41) is 13.3. The number of rotatable bonds is 6. The van der Waals surface area contributed by atoms with E-state index in [9.17, 15) is 9.90 Å². The Hall–Kier alpha value is -1.79. The molecule has 1 amide bonds. The van der Waals surface area contributed by atoms with Crippen molar-refractivity contribution in [2.75, 3.05) is 12.3 Å². The topological polar surface area (TPSA) is 75.4 Å². The SMILES string of the molecule is CCSc1ccc(C(=O)NCC(O)c2ccco2)cn1. The Morgan fingerprint density at radius 3 is 2.95 bits per heavy atom. The number of nitrogens with zero attached hydrogens (tertiary/aromatic N) is 1. The lowest BCUT2D eigenvalue weighted by atomic mass is 10.2. The second-order valence-corrected chi connectivity index (χ2v) is 5.34. The number of nitrogens with one attached hydrogen (secondary N) is 1. The zero-order valence-electron chi connectivity index (χ0n) is 11.1. The third-order valence-electron chi connectivity index (χ3n) is 2.62. The van der Waals surface area contributed by atoms with Gasteiger partial charge in [-0.3, -0.25) is 4.79 Å². The van der Waals surface area contributed by atoms with Gasteiger partial charge in [0.2, 0.25) is 0 Å². The highest BCUT2D eigenvalue weighted by molar-refractivity contribution is 7.99. The van der Waals surface area contributed by atoms with Crippen molar-refractivity contribution in [3.63, 3.8) is 0 Å². The zero-order chi connectivity index (χ0) is 14.4. The van der Waals surface area contributed by atoms with E-state index in [0.29, 0.717) is 11.3 Å². The van der Waals surface area contributed by atoms with E-state index in [4.69, 9.17) is 4.42 Å². The van der Waals surface area contributed by atoms with Gasteiger partial charge >= 0.3 is 0 Å². The van der Waals surface area contributed by atoms with Crippen LogP contribution in [-0.4, -0.2) is 28.3 Å². The molecule has 0 aromatic carbocycles. The van der Waals surface area contributed by atoms with Crippen molar-refractivity contribution >= 4 is 17.7 Å². The fourth-order valence-electron chi connectivity index (χ4n) is 1.62. The Morgan fingerprint density at radius 1 is 1.50 bits per heavy atom. The first-order chi connectivity index (χ1) is 9.70. The summed E-state index contributed by atoms with van der Waals surface area (Å²) in [5.74, 6) is 1.10. The van der Waals surface area contributed by atoms with E-state index in [2.05, 4.69) is 10.3 Å². The van der Waals surface area contributed by atoms with E-state index >= 15 is 0 Å². The van der Waals surface area contributed by atoms with Crippen LogP contribution in [0.15, 0.2) is 46.2 Å². The summed E-state index contributed by atoms with van der Waals surface area (Å²) in [4.78, 5) is 16.1. The fraction of sp³-hybridized carbons (Fsp3) is 0.286. The molecule has 1 atom stereocenters. The van der Waals surface area contributed by atoms with Crippen LogP contribution in [0.25, 0.3) is 0 Å². The number of aliphatic hydroxyl groups is 1. The van der Waals surface area contributed by atoms with Crippen molar-refractivity contribution in [3.8, 4) is 0 Å². The lowest BCUT2D eigenvalue weighted by molar-refractivity contribution is 0.0900. The number of amides is 1. The molecule has 0 saturated carbocycles. The van der Waals surface area contributed by atoms with Crippen LogP contribution in [0, 0.1) is 0 Å². The van der Waals surface area contributed by atoms with E-state index in [1.807, 2.05) is 13.0 Å². The number of hydrogen-bond donors (Lipinski definition) is 2. The lowest BCUT2D eigenvalue weighted by Gasteiger charge is -2.09. The monoisotopic (exact) mass is 292 g/mol. The molecule has 5 nitrogen and oxygen atoms in total. The number of carbonyl (C=O) groups is 1. The van der Waals surface area contributed by atoms with Crippen molar-refractivity contribution in [3.05, 3.63) is 48.0 Å². The third kappa shape index (κ3) is 3.85.